The SMILES string of the molecule is NCc1cn(CC=Cc2ccccc2)nn1. The molecular weight excluding hydrogens is 200 g/mol. The Labute approximate surface area is 94.4 Å². The standard InChI is InChI=1S/C12H14N4/c13-9-12-10-16(15-14-12)8-4-7-11-5-2-1-3-6-11/h1-7,10H,8-9,13H2. The predicted octanol–water partition coefficient (Wildman–Crippen LogP) is 1.45. The summed E-state index contributed by atoms with van der Waals surface area (Å²) in [5.74, 6) is 0. The molecule has 0 spiro atoms. The average molecular weight is 214 g/mol. The molecule has 4 nitrogen and oxygen atoms in total. The van der Waals surface area contributed by atoms with Gasteiger partial charge in [-0.25, -0.2) is 4.68 Å². The van der Waals surface area contributed by atoms with Crippen molar-refractivity contribution in [2.75, 3.05) is 0 Å². The molecular formula is C12H14N4. The number of nitrogens with zero attached hydrogens (tertiary/aromatic N) is 3. The minimum absolute atomic E-state index is 0.433. The third-order valence-electron chi connectivity index (χ3n) is 2.20. The third kappa shape index (κ3) is 2.77. The first kappa shape index (κ1) is 10.6. The Morgan fingerprint density at radius 1 is 1.25 bits per heavy atom. The van der Waals surface area contributed by atoms with Crippen LogP contribution in [-0.2, 0) is 13.1 Å². The quantitative estimate of drug-likeness (QED) is 0.838. The second kappa shape index (κ2) is 5.23. The van der Waals surface area contributed by atoms with Crippen LogP contribution in [0.2, 0.25) is 0 Å². The van der Waals surface area contributed by atoms with E-state index >= 15 is 0 Å². The van der Waals surface area contributed by atoms with Crippen LogP contribution in [0.3, 0.4) is 0 Å². The molecule has 0 saturated heterocycles. The van der Waals surface area contributed by atoms with E-state index in [4.69, 9.17) is 5.73 Å². The zero-order valence-electron chi connectivity index (χ0n) is 8.95. The molecule has 2 rings (SSSR count). The van der Waals surface area contributed by atoms with Crippen molar-refractivity contribution in [3.8, 4) is 0 Å². The molecule has 0 saturated carbocycles. The van der Waals surface area contributed by atoms with E-state index in [2.05, 4.69) is 28.5 Å². The molecule has 0 bridgehead atoms. The van der Waals surface area contributed by atoms with Gasteiger partial charge in [0, 0.05) is 6.54 Å². The monoisotopic (exact) mass is 214 g/mol. The fourth-order valence-corrected chi connectivity index (χ4v) is 1.38. The summed E-state index contributed by atoms with van der Waals surface area (Å²) in [5.41, 5.74) is 7.44. The molecule has 0 aliphatic carbocycles. The Morgan fingerprint density at radius 2 is 2.06 bits per heavy atom. The van der Waals surface area contributed by atoms with Crippen LogP contribution in [0, 0.1) is 0 Å². The molecule has 0 amide bonds. The van der Waals surface area contributed by atoms with E-state index < -0.39 is 0 Å². The molecule has 2 aromatic rings. The van der Waals surface area contributed by atoms with E-state index in [-0.39, 0.29) is 0 Å². The van der Waals surface area contributed by atoms with E-state index in [0.29, 0.717) is 13.1 Å². The molecule has 0 fully saturated rings. The molecule has 1 heterocycles. The van der Waals surface area contributed by atoms with Crippen LogP contribution < -0.4 is 5.73 Å². The van der Waals surface area contributed by atoms with Crippen LogP contribution in [-0.4, -0.2) is 15.0 Å². The van der Waals surface area contributed by atoms with Gasteiger partial charge in [-0.3, -0.25) is 0 Å². The van der Waals surface area contributed by atoms with Gasteiger partial charge in [0.2, 0.25) is 0 Å². The van der Waals surface area contributed by atoms with Crippen molar-refractivity contribution >= 4 is 6.08 Å². The van der Waals surface area contributed by atoms with Crippen molar-refractivity contribution in [2.45, 2.75) is 13.1 Å². The second-order valence-corrected chi connectivity index (χ2v) is 3.45. The van der Waals surface area contributed by atoms with Gasteiger partial charge in [-0.1, -0.05) is 47.7 Å². The maximum absolute atomic E-state index is 5.45. The number of nitrogens with two attached hydrogens (primary N) is 1. The van der Waals surface area contributed by atoms with Crippen LogP contribution >= 0.6 is 0 Å². The van der Waals surface area contributed by atoms with Gasteiger partial charge in [0.1, 0.15) is 0 Å². The van der Waals surface area contributed by atoms with Crippen LogP contribution in [0.1, 0.15) is 11.3 Å². The fourth-order valence-electron chi connectivity index (χ4n) is 1.38. The van der Waals surface area contributed by atoms with E-state index in [1.165, 1.54) is 5.56 Å². The van der Waals surface area contributed by atoms with Crippen LogP contribution in [0.5, 0.6) is 0 Å². The summed E-state index contributed by atoms with van der Waals surface area (Å²) in [6.45, 7) is 1.14. The Kier molecular flexibility index (Phi) is 3.46. The number of aromatic nitrogens is 3. The maximum Gasteiger partial charge on any atom is 0.0962 e. The van der Waals surface area contributed by atoms with Gasteiger partial charge < -0.3 is 5.73 Å². The van der Waals surface area contributed by atoms with E-state index in [0.717, 1.165) is 5.69 Å². The van der Waals surface area contributed by atoms with Crippen LogP contribution in [0.25, 0.3) is 6.08 Å². The van der Waals surface area contributed by atoms with Gasteiger partial charge in [0.05, 0.1) is 18.4 Å². The number of benzene rings is 1. The highest BCUT2D eigenvalue weighted by Crippen LogP contribution is 2.01. The number of hydrogen-bond acceptors (Lipinski definition) is 3. The van der Waals surface area contributed by atoms with Gasteiger partial charge in [0.15, 0.2) is 0 Å². The molecule has 0 radical (unpaired) electrons. The number of hydrogen-bond donors (Lipinski definition) is 1. The van der Waals surface area contributed by atoms with Crippen molar-refractivity contribution in [3.63, 3.8) is 0 Å². The summed E-state index contributed by atoms with van der Waals surface area (Å²) < 4.78 is 1.77. The fraction of sp³-hybridized carbons (Fsp3) is 0.167. The first-order chi connectivity index (χ1) is 7.88. The molecule has 1 aromatic heterocycles. The molecule has 1 aromatic carbocycles. The second-order valence-electron chi connectivity index (χ2n) is 3.45. The minimum atomic E-state index is 0.433. The molecule has 0 atom stereocenters. The lowest BCUT2D eigenvalue weighted by Gasteiger charge is -1.93. The van der Waals surface area contributed by atoms with Crippen molar-refractivity contribution in [2.24, 2.45) is 5.73 Å². The Hall–Kier alpha value is -1.94. The summed E-state index contributed by atoms with van der Waals surface area (Å²) in [7, 11) is 0. The number of allylic oxidation sites excluding steroid dienone is 1. The number of rotatable bonds is 4. The molecule has 4 heteroatoms. The Morgan fingerprint density at radius 3 is 2.75 bits per heavy atom. The van der Waals surface area contributed by atoms with Crippen LogP contribution in [0.4, 0.5) is 0 Å². The topological polar surface area (TPSA) is 56.7 Å². The largest absolute Gasteiger partial charge is 0.325 e. The summed E-state index contributed by atoms with van der Waals surface area (Å²) in [5, 5.41) is 7.87. The van der Waals surface area contributed by atoms with Crippen molar-refractivity contribution in [1.29, 1.82) is 0 Å². The lowest BCUT2D eigenvalue weighted by molar-refractivity contribution is 0.662. The first-order valence-electron chi connectivity index (χ1n) is 5.19. The highest BCUT2D eigenvalue weighted by Gasteiger charge is 1.95. The lowest BCUT2D eigenvalue weighted by Crippen LogP contribution is -1.96. The summed E-state index contributed by atoms with van der Waals surface area (Å²) >= 11 is 0. The van der Waals surface area contributed by atoms with E-state index in [1.54, 1.807) is 4.68 Å². The zero-order chi connectivity index (χ0) is 11.2. The van der Waals surface area contributed by atoms with Gasteiger partial charge in [-0.15, -0.1) is 5.10 Å². The third-order valence-corrected chi connectivity index (χ3v) is 2.20. The van der Waals surface area contributed by atoms with Gasteiger partial charge in [-0.05, 0) is 5.56 Å². The van der Waals surface area contributed by atoms with Gasteiger partial charge in [0.25, 0.3) is 0 Å². The van der Waals surface area contributed by atoms with E-state index in [9.17, 15) is 0 Å². The smallest absolute Gasteiger partial charge is 0.0962 e. The molecule has 0 aliphatic heterocycles. The maximum atomic E-state index is 5.45. The Balaban J connectivity index is 1.94. The first-order valence-corrected chi connectivity index (χ1v) is 5.19. The lowest BCUT2D eigenvalue weighted by atomic mass is 10.2. The van der Waals surface area contributed by atoms with Crippen LogP contribution in [0.15, 0.2) is 42.6 Å². The van der Waals surface area contributed by atoms with Crippen molar-refractivity contribution in [3.05, 3.63) is 53.9 Å². The molecule has 2 N–H and O–H groups in total. The highest BCUT2D eigenvalue weighted by molar-refractivity contribution is 5.48. The minimum Gasteiger partial charge on any atom is -0.325 e. The van der Waals surface area contributed by atoms with Gasteiger partial charge >= 0.3 is 0 Å². The van der Waals surface area contributed by atoms with E-state index in [1.807, 2.05) is 30.5 Å². The van der Waals surface area contributed by atoms with Crippen molar-refractivity contribution in [1.82, 2.24) is 15.0 Å². The van der Waals surface area contributed by atoms with Crippen molar-refractivity contribution < 1.29 is 0 Å². The highest BCUT2D eigenvalue weighted by atomic mass is 15.4. The molecule has 0 unspecified atom stereocenters. The summed E-state index contributed by atoms with van der Waals surface area (Å²) in [4.78, 5) is 0. The summed E-state index contributed by atoms with van der Waals surface area (Å²) in [6, 6.07) is 10.2. The predicted molar refractivity (Wildman–Crippen MR) is 63.4 cm³/mol. The van der Waals surface area contributed by atoms with Gasteiger partial charge in [-0.2, -0.15) is 0 Å². The average Bonchev–Trinajstić information content (AvgIpc) is 2.78. The molecule has 0 aliphatic rings. The Bertz CT molecular complexity index is 459. The summed E-state index contributed by atoms with van der Waals surface area (Å²) in [6.07, 6.45) is 5.96. The normalized spacial score (nSPS) is 11.1. The molecule has 82 valence electrons. The zero-order valence-corrected chi connectivity index (χ0v) is 8.95. The molecule has 16 heavy (non-hydrogen) atoms.